The third kappa shape index (κ3) is 4.39. The van der Waals surface area contributed by atoms with Crippen LogP contribution in [-0.2, 0) is 17.8 Å². The van der Waals surface area contributed by atoms with Gasteiger partial charge in [0, 0.05) is 25.1 Å². The van der Waals surface area contributed by atoms with Gasteiger partial charge in [0.2, 0.25) is 0 Å². The highest BCUT2D eigenvalue weighted by atomic mass is 19.1. The molecule has 0 aliphatic carbocycles. The Morgan fingerprint density at radius 1 is 1.03 bits per heavy atom. The minimum Gasteiger partial charge on any atom is -0.497 e. The molecule has 0 radical (unpaired) electrons. The molecule has 5 rings (SSSR count). The maximum absolute atomic E-state index is 14.7. The second-order valence-electron chi connectivity index (χ2n) is 8.48. The molecule has 3 aromatic carbocycles. The topological polar surface area (TPSA) is 45.1 Å². The van der Waals surface area contributed by atoms with Crippen molar-refractivity contribution in [3.05, 3.63) is 101 Å². The lowest BCUT2D eigenvalue weighted by atomic mass is 9.97. The van der Waals surface area contributed by atoms with Crippen LogP contribution in [0.3, 0.4) is 0 Å². The third-order valence-corrected chi connectivity index (χ3v) is 6.42. The van der Waals surface area contributed by atoms with Gasteiger partial charge in [-0.1, -0.05) is 42.5 Å². The molecule has 2 aliphatic heterocycles. The van der Waals surface area contributed by atoms with E-state index in [0.29, 0.717) is 12.0 Å². The van der Waals surface area contributed by atoms with Gasteiger partial charge in [-0.2, -0.15) is 5.10 Å². The molecular weight excluding hydrogens is 417 g/mol. The van der Waals surface area contributed by atoms with Gasteiger partial charge in [-0.15, -0.1) is 0 Å². The predicted molar refractivity (Wildman–Crippen MR) is 126 cm³/mol. The fraction of sp³-hybridized carbons (Fsp3) is 0.259. The number of hydrogen-bond acceptors (Lipinski definition) is 4. The molecule has 5 nitrogen and oxygen atoms in total. The molecular formula is C27H26FN3O2. The molecule has 6 heteroatoms. The normalized spacial score (nSPS) is 18.1. The Balaban J connectivity index is 1.40. The van der Waals surface area contributed by atoms with E-state index >= 15 is 0 Å². The van der Waals surface area contributed by atoms with E-state index in [4.69, 9.17) is 4.74 Å². The van der Waals surface area contributed by atoms with Crippen molar-refractivity contribution in [1.82, 2.24) is 9.91 Å². The van der Waals surface area contributed by atoms with E-state index in [0.717, 1.165) is 36.5 Å². The molecule has 0 saturated heterocycles. The summed E-state index contributed by atoms with van der Waals surface area (Å²) < 4.78 is 20.0. The molecule has 1 amide bonds. The Labute approximate surface area is 193 Å². The first-order valence-corrected chi connectivity index (χ1v) is 11.2. The molecule has 168 valence electrons. The van der Waals surface area contributed by atoms with Crippen molar-refractivity contribution in [2.75, 3.05) is 20.2 Å². The molecule has 0 bridgehead atoms. The maximum atomic E-state index is 14.7. The molecule has 33 heavy (non-hydrogen) atoms. The number of halogens is 1. The average Bonchev–Trinajstić information content (AvgIpc) is 3.30. The van der Waals surface area contributed by atoms with Gasteiger partial charge in [0.05, 0.1) is 25.4 Å². The maximum Gasteiger partial charge on any atom is 0.257 e. The van der Waals surface area contributed by atoms with Crippen molar-refractivity contribution in [3.63, 3.8) is 0 Å². The number of methoxy groups -OCH3 is 1. The van der Waals surface area contributed by atoms with E-state index in [9.17, 15) is 9.18 Å². The third-order valence-electron chi connectivity index (χ3n) is 6.42. The van der Waals surface area contributed by atoms with Crippen molar-refractivity contribution in [3.8, 4) is 5.75 Å². The zero-order chi connectivity index (χ0) is 22.8. The predicted octanol–water partition coefficient (Wildman–Crippen LogP) is 4.57. The van der Waals surface area contributed by atoms with Crippen LogP contribution in [0.15, 0.2) is 77.9 Å². The number of carbonyl (C=O) groups is 1. The van der Waals surface area contributed by atoms with Gasteiger partial charge < -0.3 is 4.74 Å². The largest absolute Gasteiger partial charge is 0.497 e. The fourth-order valence-electron chi connectivity index (χ4n) is 4.64. The number of fused-ring (bicyclic) bond motifs is 1. The number of hydrogen-bond donors (Lipinski definition) is 0. The summed E-state index contributed by atoms with van der Waals surface area (Å²) in [4.78, 5) is 15.6. The minimum atomic E-state index is -0.465. The second-order valence-corrected chi connectivity index (χ2v) is 8.48. The minimum absolute atomic E-state index is 0.119. The monoisotopic (exact) mass is 443 g/mol. The lowest BCUT2D eigenvalue weighted by Crippen LogP contribution is -2.40. The van der Waals surface area contributed by atoms with E-state index < -0.39 is 6.04 Å². The van der Waals surface area contributed by atoms with Crippen LogP contribution in [-0.4, -0.2) is 41.7 Å². The van der Waals surface area contributed by atoms with Crippen molar-refractivity contribution in [2.45, 2.75) is 25.4 Å². The Morgan fingerprint density at radius 2 is 1.76 bits per heavy atom. The first kappa shape index (κ1) is 21.3. The fourth-order valence-corrected chi connectivity index (χ4v) is 4.64. The summed E-state index contributed by atoms with van der Waals surface area (Å²) in [5.41, 5.74) is 4.75. The molecule has 2 aliphatic rings. The van der Waals surface area contributed by atoms with Crippen molar-refractivity contribution in [2.24, 2.45) is 5.10 Å². The van der Waals surface area contributed by atoms with Crippen LogP contribution in [0.4, 0.5) is 4.39 Å². The highest BCUT2D eigenvalue weighted by molar-refractivity contribution is 6.03. The number of hydrazone groups is 1. The second kappa shape index (κ2) is 9.16. The van der Waals surface area contributed by atoms with Gasteiger partial charge >= 0.3 is 0 Å². The molecule has 0 spiro atoms. The number of benzene rings is 3. The van der Waals surface area contributed by atoms with Crippen LogP contribution in [0.2, 0.25) is 0 Å². The lowest BCUT2D eigenvalue weighted by Gasteiger charge is -2.30. The zero-order valence-corrected chi connectivity index (χ0v) is 18.6. The summed E-state index contributed by atoms with van der Waals surface area (Å²) in [5, 5.41) is 6.17. The summed E-state index contributed by atoms with van der Waals surface area (Å²) in [6.07, 6.45) is 1.38. The number of carbonyl (C=O) groups excluding carboxylic acids is 1. The molecule has 3 aromatic rings. The van der Waals surface area contributed by atoms with Gasteiger partial charge in [0.15, 0.2) is 0 Å². The van der Waals surface area contributed by atoms with Crippen LogP contribution in [0.1, 0.15) is 34.7 Å². The van der Waals surface area contributed by atoms with Crippen LogP contribution in [0.5, 0.6) is 5.75 Å². The smallest absolute Gasteiger partial charge is 0.257 e. The molecule has 1 atom stereocenters. The first-order valence-electron chi connectivity index (χ1n) is 11.2. The van der Waals surface area contributed by atoms with E-state index in [1.807, 2.05) is 30.3 Å². The van der Waals surface area contributed by atoms with Crippen LogP contribution in [0, 0.1) is 5.82 Å². The molecule has 0 N–H and O–H groups in total. The number of nitrogens with zero attached hydrogens (tertiary/aromatic N) is 3. The molecule has 0 fully saturated rings. The van der Waals surface area contributed by atoms with E-state index in [-0.39, 0.29) is 18.3 Å². The lowest BCUT2D eigenvalue weighted by molar-refractivity contribution is -0.134. The highest BCUT2D eigenvalue weighted by Gasteiger charge is 2.35. The number of amides is 1. The van der Waals surface area contributed by atoms with E-state index in [1.165, 1.54) is 22.2 Å². The summed E-state index contributed by atoms with van der Waals surface area (Å²) in [6, 6.07) is 22.1. The molecule has 0 unspecified atom stereocenters. The standard InChI is InChI=1S/C27H26FN3O2/c1-33-22-12-10-20(11-13-22)25-16-26(23-8-4-5-9-24(23)28)31(29-25)27(32)18-30-15-14-19-6-2-3-7-21(19)17-30/h2-13,26H,14-18H2,1H3/t26-/m0/s1. The Morgan fingerprint density at radius 3 is 2.52 bits per heavy atom. The van der Waals surface area contributed by atoms with E-state index in [2.05, 4.69) is 28.2 Å². The summed E-state index contributed by atoms with van der Waals surface area (Å²) in [7, 11) is 1.62. The Hall–Kier alpha value is -3.51. The number of ether oxygens (including phenoxy) is 1. The van der Waals surface area contributed by atoms with Crippen molar-refractivity contribution in [1.29, 1.82) is 0 Å². The van der Waals surface area contributed by atoms with E-state index in [1.54, 1.807) is 25.3 Å². The van der Waals surface area contributed by atoms with Gasteiger partial charge in [-0.3, -0.25) is 9.69 Å². The zero-order valence-electron chi connectivity index (χ0n) is 18.6. The Kier molecular flexibility index (Phi) is 5.92. The Bertz CT molecular complexity index is 1190. The quantitative estimate of drug-likeness (QED) is 0.580. The summed E-state index contributed by atoms with van der Waals surface area (Å²) >= 11 is 0. The van der Waals surface area contributed by atoms with Crippen LogP contribution in [0.25, 0.3) is 0 Å². The van der Waals surface area contributed by atoms with Gasteiger partial charge in [0.1, 0.15) is 11.6 Å². The molecule has 0 saturated carbocycles. The van der Waals surface area contributed by atoms with Crippen molar-refractivity contribution >= 4 is 11.6 Å². The van der Waals surface area contributed by atoms with Gasteiger partial charge in [-0.25, -0.2) is 9.40 Å². The average molecular weight is 444 g/mol. The molecule has 2 heterocycles. The number of rotatable bonds is 5. The van der Waals surface area contributed by atoms with Crippen LogP contribution < -0.4 is 4.74 Å². The highest BCUT2D eigenvalue weighted by Crippen LogP contribution is 2.34. The first-order chi connectivity index (χ1) is 16.1. The van der Waals surface area contributed by atoms with Gasteiger partial charge in [0.25, 0.3) is 5.91 Å². The van der Waals surface area contributed by atoms with Gasteiger partial charge in [-0.05, 0) is 53.4 Å². The summed E-state index contributed by atoms with van der Waals surface area (Å²) in [5.74, 6) is 0.311. The molecule has 0 aromatic heterocycles. The summed E-state index contributed by atoms with van der Waals surface area (Å²) in [6.45, 7) is 1.80. The van der Waals surface area contributed by atoms with Crippen molar-refractivity contribution < 1.29 is 13.9 Å². The van der Waals surface area contributed by atoms with Crippen LogP contribution >= 0.6 is 0 Å². The SMILES string of the molecule is COc1ccc(C2=NN(C(=O)CN3CCc4ccccc4C3)[C@H](c3ccccc3F)C2)cc1.